The average molecular weight is 358 g/mol. The lowest BCUT2D eigenvalue weighted by Crippen LogP contribution is -2.53. The zero-order valence-corrected chi connectivity index (χ0v) is 11.9. The quantitative estimate of drug-likeness (QED) is 0.287. The molecular weight excluding hydrogens is 339 g/mol. The van der Waals surface area contributed by atoms with E-state index in [0.717, 1.165) is 6.42 Å². The standard InChI is InChI=1S/C9H19IN4O3/c1-2-3-12-9(17)14-7(6-13-10)8(16)11-4-5-15/h7,13,15H,2-6H2,1H3,(H,11,16)(H2,12,14,17). The van der Waals surface area contributed by atoms with Crippen molar-refractivity contribution in [2.24, 2.45) is 0 Å². The molecule has 1 atom stereocenters. The van der Waals surface area contributed by atoms with Gasteiger partial charge < -0.3 is 21.1 Å². The Morgan fingerprint density at radius 2 is 2.00 bits per heavy atom. The molecule has 8 heteroatoms. The van der Waals surface area contributed by atoms with Crippen molar-refractivity contribution >= 4 is 34.8 Å². The second-order valence-corrected chi connectivity index (χ2v) is 4.07. The third-order valence-electron chi connectivity index (χ3n) is 1.85. The Morgan fingerprint density at radius 3 is 2.53 bits per heavy atom. The van der Waals surface area contributed by atoms with E-state index in [-0.39, 0.29) is 25.1 Å². The van der Waals surface area contributed by atoms with E-state index in [4.69, 9.17) is 5.11 Å². The van der Waals surface area contributed by atoms with Crippen LogP contribution in [-0.2, 0) is 4.79 Å². The molecule has 0 spiro atoms. The van der Waals surface area contributed by atoms with Gasteiger partial charge >= 0.3 is 6.03 Å². The average Bonchev–Trinajstić information content (AvgIpc) is 2.32. The molecule has 0 rings (SSSR count). The number of hydrogen-bond acceptors (Lipinski definition) is 4. The fraction of sp³-hybridized carbons (Fsp3) is 0.778. The molecule has 100 valence electrons. The van der Waals surface area contributed by atoms with Gasteiger partial charge in [-0.25, -0.2) is 4.79 Å². The maximum atomic E-state index is 11.6. The molecule has 0 saturated carbocycles. The lowest BCUT2D eigenvalue weighted by molar-refractivity contribution is -0.122. The van der Waals surface area contributed by atoms with Crippen molar-refractivity contribution in [2.45, 2.75) is 19.4 Å². The van der Waals surface area contributed by atoms with Gasteiger partial charge in [0.2, 0.25) is 5.91 Å². The molecule has 1 unspecified atom stereocenters. The fourth-order valence-corrected chi connectivity index (χ4v) is 1.48. The normalized spacial score (nSPS) is 11.7. The Kier molecular flexibility index (Phi) is 10.2. The van der Waals surface area contributed by atoms with Gasteiger partial charge in [0.1, 0.15) is 6.04 Å². The molecule has 3 amide bonds. The fourth-order valence-electron chi connectivity index (χ4n) is 1.04. The Morgan fingerprint density at radius 1 is 1.29 bits per heavy atom. The molecule has 17 heavy (non-hydrogen) atoms. The van der Waals surface area contributed by atoms with Gasteiger partial charge in [-0.15, -0.1) is 0 Å². The number of halogens is 1. The van der Waals surface area contributed by atoms with Crippen molar-refractivity contribution < 1.29 is 14.7 Å². The number of aliphatic hydroxyl groups excluding tert-OH is 1. The maximum absolute atomic E-state index is 11.6. The molecule has 0 aliphatic heterocycles. The highest BCUT2D eigenvalue weighted by Crippen LogP contribution is 1.86. The Bertz CT molecular complexity index is 240. The summed E-state index contributed by atoms with van der Waals surface area (Å²) in [5.74, 6) is -0.324. The van der Waals surface area contributed by atoms with E-state index >= 15 is 0 Å². The van der Waals surface area contributed by atoms with E-state index in [9.17, 15) is 9.59 Å². The number of urea groups is 1. The largest absolute Gasteiger partial charge is 0.395 e. The summed E-state index contributed by atoms with van der Waals surface area (Å²) in [5.41, 5.74) is 0. The van der Waals surface area contributed by atoms with Crippen LogP contribution < -0.4 is 19.5 Å². The summed E-state index contributed by atoms with van der Waals surface area (Å²) in [5, 5.41) is 16.3. The number of carbonyl (C=O) groups excluding carboxylic acids is 2. The Labute approximate surface area is 115 Å². The highest BCUT2D eigenvalue weighted by molar-refractivity contribution is 14.1. The minimum atomic E-state index is -0.657. The first-order chi connectivity index (χ1) is 8.15. The number of nitrogens with one attached hydrogen (secondary N) is 4. The van der Waals surface area contributed by atoms with Crippen molar-refractivity contribution in [3.05, 3.63) is 0 Å². The molecule has 0 aliphatic rings. The van der Waals surface area contributed by atoms with Gasteiger partial charge in [0.15, 0.2) is 0 Å². The van der Waals surface area contributed by atoms with Crippen molar-refractivity contribution in [3.63, 3.8) is 0 Å². The topological polar surface area (TPSA) is 102 Å². The van der Waals surface area contributed by atoms with Crippen LogP contribution >= 0.6 is 22.9 Å². The van der Waals surface area contributed by atoms with Crippen LogP contribution in [0.3, 0.4) is 0 Å². The SMILES string of the molecule is CCCNC(=O)NC(CNI)C(=O)NCCO. The Hall–Kier alpha value is -0.610. The summed E-state index contributed by atoms with van der Waals surface area (Å²) in [7, 11) is 0. The maximum Gasteiger partial charge on any atom is 0.315 e. The predicted octanol–water partition coefficient (Wildman–Crippen LogP) is -0.888. The predicted molar refractivity (Wildman–Crippen MR) is 72.7 cm³/mol. The molecule has 0 aliphatic carbocycles. The number of carbonyl (C=O) groups is 2. The molecule has 0 aromatic heterocycles. The van der Waals surface area contributed by atoms with E-state index in [1.807, 2.05) is 29.8 Å². The van der Waals surface area contributed by atoms with Gasteiger partial charge in [-0.2, -0.15) is 0 Å². The van der Waals surface area contributed by atoms with E-state index in [2.05, 4.69) is 19.5 Å². The Balaban J connectivity index is 4.12. The summed E-state index contributed by atoms with van der Waals surface area (Å²) in [6.45, 7) is 2.87. The molecule has 5 N–H and O–H groups in total. The van der Waals surface area contributed by atoms with Crippen LogP contribution in [0.1, 0.15) is 13.3 Å². The number of hydrogen-bond donors (Lipinski definition) is 5. The van der Waals surface area contributed by atoms with Crippen molar-refractivity contribution in [3.8, 4) is 0 Å². The van der Waals surface area contributed by atoms with E-state index in [0.29, 0.717) is 13.1 Å². The van der Waals surface area contributed by atoms with Gasteiger partial charge in [0.25, 0.3) is 0 Å². The van der Waals surface area contributed by atoms with Gasteiger partial charge in [-0.05, 0) is 6.42 Å². The van der Waals surface area contributed by atoms with E-state index in [1.54, 1.807) is 0 Å². The number of rotatable bonds is 8. The zero-order valence-electron chi connectivity index (χ0n) is 9.75. The third-order valence-corrected chi connectivity index (χ3v) is 2.29. The molecule has 0 radical (unpaired) electrons. The number of amides is 3. The van der Waals surface area contributed by atoms with Crippen LogP contribution in [0.2, 0.25) is 0 Å². The van der Waals surface area contributed by atoms with Crippen LogP contribution in [0.4, 0.5) is 4.79 Å². The summed E-state index contributed by atoms with van der Waals surface area (Å²) >= 11 is 1.90. The molecule has 7 nitrogen and oxygen atoms in total. The second kappa shape index (κ2) is 10.5. The highest BCUT2D eigenvalue weighted by Gasteiger charge is 2.19. The molecule has 0 aromatic rings. The smallest absolute Gasteiger partial charge is 0.315 e. The molecule has 0 aromatic carbocycles. The lowest BCUT2D eigenvalue weighted by Gasteiger charge is -2.17. The first-order valence-corrected chi connectivity index (χ1v) is 6.50. The van der Waals surface area contributed by atoms with Crippen LogP contribution in [0.25, 0.3) is 0 Å². The molecule has 0 bridgehead atoms. The van der Waals surface area contributed by atoms with Gasteiger partial charge in [0.05, 0.1) is 6.61 Å². The van der Waals surface area contributed by atoms with Crippen LogP contribution in [-0.4, -0.2) is 49.3 Å². The van der Waals surface area contributed by atoms with Crippen LogP contribution in [0.15, 0.2) is 0 Å². The summed E-state index contributed by atoms with van der Waals surface area (Å²) in [4.78, 5) is 23.0. The van der Waals surface area contributed by atoms with Crippen molar-refractivity contribution in [1.82, 2.24) is 19.5 Å². The van der Waals surface area contributed by atoms with Crippen molar-refractivity contribution in [1.29, 1.82) is 0 Å². The van der Waals surface area contributed by atoms with Crippen LogP contribution in [0, 0.1) is 0 Å². The summed E-state index contributed by atoms with van der Waals surface area (Å²) in [6.07, 6.45) is 0.833. The molecule has 0 fully saturated rings. The van der Waals surface area contributed by atoms with Crippen molar-refractivity contribution in [2.75, 3.05) is 26.2 Å². The molecular formula is C9H19IN4O3. The molecule has 0 heterocycles. The summed E-state index contributed by atoms with van der Waals surface area (Å²) in [6, 6.07) is -1.03. The van der Waals surface area contributed by atoms with E-state index in [1.165, 1.54) is 0 Å². The van der Waals surface area contributed by atoms with Gasteiger partial charge in [0, 0.05) is 42.5 Å². The van der Waals surface area contributed by atoms with E-state index < -0.39 is 6.04 Å². The minimum Gasteiger partial charge on any atom is -0.395 e. The number of aliphatic hydroxyl groups is 1. The monoisotopic (exact) mass is 358 g/mol. The van der Waals surface area contributed by atoms with Gasteiger partial charge in [-0.1, -0.05) is 6.92 Å². The third kappa shape index (κ3) is 8.16. The first kappa shape index (κ1) is 16.4. The van der Waals surface area contributed by atoms with Crippen LogP contribution in [0.5, 0.6) is 0 Å². The second-order valence-electron chi connectivity index (χ2n) is 3.31. The highest BCUT2D eigenvalue weighted by atomic mass is 127. The lowest BCUT2D eigenvalue weighted by atomic mass is 10.3. The van der Waals surface area contributed by atoms with Gasteiger partial charge in [-0.3, -0.25) is 8.32 Å². The summed E-state index contributed by atoms with van der Waals surface area (Å²) < 4.78 is 2.79. The molecule has 0 saturated heterocycles. The first-order valence-electron chi connectivity index (χ1n) is 5.42. The zero-order chi connectivity index (χ0) is 13.1. The minimum absolute atomic E-state index is 0.127.